The molecular weight excluding hydrogens is 294 g/mol. The first kappa shape index (κ1) is 16.1. The number of nitro benzene ring substituents is 1. The van der Waals surface area contributed by atoms with Crippen LogP contribution in [0.2, 0.25) is 0 Å². The molecule has 0 saturated heterocycles. The standard InChI is InChI=1S/C17H15N3O3/c21-17(13-14-7-2-1-3-8-14)19-18-12-6-10-15-9-4-5-11-16(15)20(22)23/h1-12H,13H2,(H,19,21)/b10-6+,18-12+. The predicted octanol–water partition coefficient (Wildman–Crippen LogP) is 2.95. The number of nitrogens with zero attached hydrogens (tertiary/aromatic N) is 2. The molecule has 0 bridgehead atoms. The predicted molar refractivity (Wildman–Crippen MR) is 88.9 cm³/mol. The van der Waals surface area contributed by atoms with E-state index in [2.05, 4.69) is 10.5 Å². The summed E-state index contributed by atoms with van der Waals surface area (Å²) in [5, 5.41) is 14.6. The Morgan fingerprint density at radius 2 is 1.83 bits per heavy atom. The van der Waals surface area contributed by atoms with Gasteiger partial charge in [-0.05, 0) is 23.8 Å². The monoisotopic (exact) mass is 309 g/mol. The molecule has 0 radical (unpaired) electrons. The van der Waals surface area contributed by atoms with E-state index in [1.54, 1.807) is 24.3 Å². The molecular formula is C17H15N3O3. The second-order valence-corrected chi connectivity index (χ2v) is 4.65. The van der Waals surface area contributed by atoms with E-state index >= 15 is 0 Å². The van der Waals surface area contributed by atoms with Crippen LogP contribution in [0.1, 0.15) is 11.1 Å². The summed E-state index contributed by atoms with van der Waals surface area (Å²) in [6.45, 7) is 0. The normalized spacial score (nSPS) is 11.0. The Bertz CT molecular complexity index is 740. The topological polar surface area (TPSA) is 84.6 Å². The molecule has 0 unspecified atom stereocenters. The molecule has 2 rings (SSSR count). The van der Waals surface area contributed by atoms with Gasteiger partial charge in [0.15, 0.2) is 0 Å². The van der Waals surface area contributed by atoms with E-state index in [9.17, 15) is 14.9 Å². The molecule has 2 aromatic carbocycles. The molecule has 6 nitrogen and oxygen atoms in total. The number of carbonyl (C=O) groups excluding carboxylic acids is 1. The van der Waals surface area contributed by atoms with E-state index in [-0.39, 0.29) is 18.0 Å². The first-order valence-corrected chi connectivity index (χ1v) is 6.93. The van der Waals surface area contributed by atoms with Crippen LogP contribution in [0.4, 0.5) is 5.69 Å². The van der Waals surface area contributed by atoms with Crippen molar-refractivity contribution in [1.82, 2.24) is 5.43 Å². The number of carbonyl (C=O) groups is 1. The summed E-state index contributed by atoms with van der Waals surface area (Å²) in [5.74, 6) is -0.230. The maximum absolute atomic E-state index is 11.7. The van der Waals surface area contributed by atoms with Gasteiger partial charge in [-0.2, -0.15) is 5.10 Å². The Kier molecular flexibility index (Phi) is 5.76. The van der Waals surface area contributed by atoms with Crippen LogP contribution < -0.4 is 5.43 Å². The highest BCUT2D eigenvalue weighted by Gasteiger charge is 2.08. The third-order valence-electron chi connectivity index (χ3n) is 2.97. The highest BCUT2D eigenvalue weighted by atomic mass is 16.6. The Morgan fingerprint density at radius 3 is 2.57 bits per heavy atom. The lowest BCUT2D eigenvalue weighted by molar-refractivity contribution is -0.385. The number of hydrazone groups is 1. The molecule has 0 aromatic heterocycles. The molecule has 0 fully saturated rings. The summed E-state index contributed by atoms with van der Waals surface area (Å²) in [5.41, 5.74) is 3.79. The average molecular weight is 309 g/mol. The number of hydrogen-bond donors (Lipinski definition) is 1. The molecule has 0 aliphatic carbocycles. The van der Waals surface area contributed by atoms with Gasteiger partial charge < -0.3 is 0 Å². The van der Waals surface area contributed by atoms with Crippen LogP contribution in [0.3, 0.4) is 0 Å². The van der Waals surface area contributed by atoms with Gasteiger partial charge in [-0.25, -0.2) is 5.43 Å². The van der Waals surface area contributed by atoms with E-state index in [4.69, 9.17) is 0 Å². The molecule has 6 heteroatoms. The molecule has 2 aromatic rings. The zero-order valence-electron chi connectivity index (χ0n) is 12.3. The number of nitro groups is 1. The molecule has 116 valence electrons. The summed E-state index contributed by atoms with van der Waals surface area (Å²) in [6.07, 6.45) is 4.71. The van der Waals surface area contributed by atoms with Crippen molar-refractivity contribution in [3.05, 3.63) is 81.9 Å². The fourth-order valence-corrected chi connectivity index (χ4v) is 1.91. The summed E-state index contributed by atoms with van der Waals surface area (Å²) >= 11 is 0. The molecule has 0 aliphatic heterocycles. The maximum Gasteiger partial charge on any atom is 0.276 e. The van der Waals surface area contributed by atoms with Gasteiger partial charge in [0.05, 0.1) is 16.9 Å². The minimum Gasteiger partial charge on any atom is -0.273 e. The second-order valence-electron chi connectivity index (χ2n) is 4.65. The van der Waals surface area contributed by atoms with Gasteiger partial charge in [-0.1, -0.05) is 42.5 Å². The van der Waals surface area contributed by atoms with E-state index in [1.807, 2.05) is 30.3 Å². The number of allylic oxidation sites excluding steroid dienone is 1. The molecule has 0 spiro atoms. The lowest BCUT2D eigenvalue weighted by Gasteiger charge is -1.99. The van der Waals surface area contributed by atoms with E-state index in [0.29, 0.717) is 5.56 Å². The number of amides is 1. The fourth-order valence-electron chi connectivity index (χ4n) is 1.91. The van der Waals surface area contributed by atoms with Crippen molar-refractivity contribution in [3.63, 3.8) is 0 Å². The molecule has 23 heavy (non-hydrogen) atoms. The second kappa shape index (κ2) is 8.23. The minimum absolute atomic E-state index is 0.0188. The van der Waals surface area contributed by atoms with Crippen LogP contribution in [0, 0.1) is 10.1 Å². The third-order valence-corrected chi connectivity index (χ3v) is 2.97. The van der Waals surface area contributed by atoms with Crippen molar-refractivity contribution >= 4 is 23.9 Å². The zero-order valence-corrected chi connectivity index (χ0v) is 12.3. The summed E-state index contributed by atoms with van der Waals surface area (Å²) in [4.78, 5) is 22.1. The molecule has 0 atom stereocenters. The third kappa shape index (κ3) is 5.20. The van der Waals surface area contributed by atoms with Gasteiger partial charge in [-0.15, -0.1) is 0 Å². The number of hydrogen-bond acceptors (Lipinski definition) is 4. The van der Waals surface area contributed by atoms with E-state index < -0.39 is 4.92 Å². The van der Waals surface area contributed by atoms with Crippen molar-refractivity contribution in [3.8, 4) is 0 Å². The van der Waals surface area contributed by atoms with Gasteiger partial charge in [0.25, 0.3) is 5.69 Å². The summed E-state index contributed by atoms with van der Waals surface area (Å²) < 4.78 is 0. The van der Waals surface area contributed by atoms with Crippen molar-refractivity contribution in [2.24, 2.45) is 5.10 Å². The van der Waals surface area contributed by atoms with Gasteiger partial charge in [0.2, 0.25) is 5.91 Å². The van der Waals surface area contributed by atoms with Gasteiger partial charge in [0, 0.05) is 12.3 Å². The van der Waals surface area contributed by atoms with E-state index in [1.165, 1.54) is 18.4 Å². The highest BCUT2D eigenvalue weighted by Crippen LogP contribution is 2.18. The van der Waals surface area contributed by atoms with Crippen LogP contribution in [-0.2, 0) is 11.2 Å². The maximum atomic E-state index is 11.7. The number of benzene rings is 2. The van der Waals surface area contributed by atoms with Crippen LogP contribution in [0.15, 0.2) is 65.8 Å². The van der Waals surface area contributed by atoms with Crippen LogP contribution >= 0.6 is 0 Å². The van der Waals surface area contributed by atoms with Crippen LogP contribution in [0.5, 0.6) is 0 Å². The Labute approximate surface area is 133 Å². The van der Waals surface area contributed by atoms with E-state index in [0.717, 1.165) is 5.56 Å². The summed E-state index contributed by atoms with van der Waals surface area (Å²) in [7, 11) is 0. The molecule has 0 heterocycles. The Balaban J connectivity index is 1.87. The average Bonchev–Trinajstić information content (AvgIpc) is 2.55. The number of nitrogens with one attached hydrogen (secondary N) is 1. The number of para-hydroxylation sites is 1. The van der Waals surface area contributed by atoms with Gasteiger partial charge in [0.1, 0.15) is 0 Å². The van der Waals surface area contributed by atoms with Crippen molar-refractivity contribution in [2.45, 2.75) is 6.42 Å². The lowest BCUT2D eigenvalue weighted by Crippen LogP contribution is -2.19. The Morgan fingerprint density at radius 1 is 1.13 bits per heavy atom. The molecule has 0 aliphatic rings. The summed E-state index contributed by atoms with van der Waals surface area (Å²) in [6, 6.07) is 15.7. The van der Waals surface area contributed by atoms with Crippen LogP contribution in [0.25, 0.3) is 6.08 Å². The fraction of sp³-hybridized carbons (Fsp3) is 0.0588. The number of rotatable bonds is 6. The van der Waals surface area contributed by atoms with Crippen molar-refractivity contribution < 1.29 is 9.72 Å². The lowest BCUT2D eigenvalue weighted by atomic mass is 10.1. The minimum atomic E-state index is -0.446. The first-order chi connectivity index (χ1) is 11.2. The Hall–Kier alpha value is -3.28. The molecule has 1 amide bonds. The quantitative estimate of drug-likeness (QED) is 0.506. The van der Waals surface area contributed by atoms with Gasteiger partial charge >= 0.3 is 0 Å². The smallest absolute Gasteiger partial charge is 0.273 e. The SMILES string of the molecule is O=C(Cc1ccccc1)N/N=C/C=C/c1ccccc1[N+](=O)[O-]. The van der Waals surface area contributed by atoms with Crippen molar-refractivity contribution in [1.29, 1.82) is 0 Å². The largest absolute Gasteiger partial charge is 0.276 e. The van der Waals surface area contributed by atoms with Gasteiger partial charge in [-0.3, -0.25) is 14.9 Å². The molecule has 0 saturated carbocycles. The zero-order chi connectivity index (χ0) is 16.5. The van der Waals surface area contributed by atoms with Crippen molar-refractivity contribution in [2.75, 3.05) is 0 Å². The van der Waals surface area contributed by atoms with Crippen LogP contribution in [-0.4, -0.2) is 17.0 Å². The molecule has 1 N–H and O–H groups in total. The first-order valence-electron chi connectivity index (χ1n) is 6.93. The highest BCUT2D eigenvalue weighted by molar-refractivity contribution is 5.83.